The Hall–Kier alpha value is -3.43. The average Bonchev–Trinajstić information content (AvgIpc) is 2.91. The van der Waals surface area contributed by atoms with Gasteiger partial charge in [-0.3, -0.25) is 24.0 Å². The van der Waals surface area contributed by atoms with E-state index in [-0.39, 0.29) is 30.1 Å². The molecule has 0 radical (unpaired) electrons. The van der Waals surface area contributed by atoms with Crippen LogP contribution < -0.4 is 21.3 Å². The van der Waals surface area contributed by atoms with Crippen LogP contribution >= 0.6 is 0 Å². The van der Waals surface area contributed by atoms with E-state index in [4.69, 9.17) is 0 Å². The van der Waals surface area contributed by atoms with Crippen LogP contribution in [0.1, 0.15) is 80.2 Å². The molecule has 0 aliphatic carbocycles. The van der Waals surface area contributed by atoms with Crippen molar-refractivity contribution < 1.29 is 24.0 Å². The largest absolute Gasteiger partial charge is 0.343 e. The quantitative estimate of drug-likeness (QED) is 0.346. The normalized spacial score (nSPS) is 24.9. The first-order valence-electron chi connectivity index (χ1n) is 15.6. The Balaban J connectivity index is 2.65. The summed E-state index contributed by atoms with van der Waals surface area (Å²) < 4.78 is 0. The standard InChI is InChI=1S/C33H53N5O5/c1-19(2)15-24-30(40)37-28(22(7)8)32(42)36-26(16-20(3)4)33(43)38(9)27(17-21(5)6)31(41)35-25(29(39)34-24)18-23-13-11-10-12-14-23/h10-14,19-22,24-28H,15-18H2,1-9H3,(H,34,39)(H,35,41)(H,36,42)(H,37,40)/t24-,25-,26-,27-,28-/m0/s1. The molecule has 10 nitrogen and oxygen atoms in total. The number of carbonyl (C=O) groups is 5. The monoisotopic (exact) mass is 599 g/mol. The molecule has 5 amide bonds. The topological polar surface area (TPSA) is 137 Å². The molecule has 2 rings (SSSR count). The maximum Gasteiger partial charge on any atom is 0.245 e. The Labute approximate surface area is 257 Å². The lowest BCUT2D eigenvalue weighted by Crippen LogP contribution is -2.59. The fourth-order valence-corrected chi connectivity index (χ4v) is 5.33. The molecule has 0 unspecified atom stereocenters. The highest BCUT2D eigenvalue weighted by Crippen LogP contribution is 2.17. The van der Waals surface area contributed by atoms with Crippen molar-refractivity contribution in [2.24, 2.45) is 23.7 Å². The molecule has 1 aliphatic heterocycles. The lowest BCUT2D eigenvalue weighted by Gasteiger charge is -2.33. The minimum Gasteiger partial charge on any atom is -0.343 e. The molecule has 43 heavy (non-hydrogen) atoms. The summed E-state index contributed by atoms with van der Waals surface area (Å²) in [5, 5.41) is 11.5. The number of likely N-dealkylation sites (N-methyl/N-ethyl adjacent to an activating group) is 1. The predicted octanol–water partition coefficient (Wildman–Crippen LogP) is 2.80. The van der Waals surface area contributed by atoms with Gasteiger partial charge in [0.15, 0.2) is 0 Å². The maximum absolute atomic E-state index is 13.9. The molecule has 0 spiro atoms. The first kappa shape index (κ1) is 35.8. The van der Waals surface area contributed by atoms with Crippen LogP contribution in [-0.2, 0) is 30.4 Å². The number of amides is 5. The van der Waals surface area contributed by atoms with Gasteiger partial charge in [0, 0.05) is 13.5 Å². The van der Waals surface area contributed by atoms with Gasteiger partial charge in [-0.15, -0.1) is 0 Å². The van der Waals surface area contributed by atoms with Crippen LogP contribution in [0.3, 0.4) is 0 Å². The minimum absolute atomic E-state index is 0.0590. The summed E-state index contributed by atoms with van der Waals surface area (Å²) >= 11 is 0. The summed E-state index contributed by atoms with van der Waals surface area (Å²) in [5.41, 5.74) is 0.835. The Morgan fingerprint density at radius 1 is 0.605 bits per heavy atom. The van der Waals surface area contributed by atoms with E-state index in [1.54, 1.807) is 7.05 Å². The van der Waals surface area contributed by atoms with E-state index in [1.807, 2.05) is 85.7 Å². The molecule has 5 atom stereocenters. The molecule has 1 saturated heterocycles. The Morgan fingerprint density at radius 3 is 1.63 bits per heavy atom. The van der Waals surface area contributed by atoms with E-state index >= 15 is 0 Å². The van der Waals surface area contributed by atoms with Crippen molar-refractivity contribution in [3.8, 4) is 0 Å². The van der Waals surface area contributed by atoms with Crippen LogP contribution in [-0.4, -0.2) is 71.7 Å². The fourth-order valence-electron chi connectivity index (χ4n) is 5.33. The van der Waals surface area contributed by atoms with Crippen molar-refractivity contribution in [2.45, 2.75) is 111 Å². The highest BCUT2D eigenvalue weighted by Gasteiger charge is 2.38. The number of nitrogens with one attached hydrogen (secondary N) is 4. The molecule has 0 saturated carbocycles. The van der Waals surface area contributed by atoms with Crippen molar-refractivity contribution in [2.75, 3.05) is 7.05 Å². The third-order valence-electron chi connectivity index (χ3n) is 7.64. The second-order valence-electron chi connectivity index (χ2n) is 13.5. The fraction of sp³-hybridized carbons (Fsp3) is 0.667. The smallest absolute Gasteiger partial charge is 0.245 e. The van der Waals surface area contributed by atoms with E-state index < -0.39 is 59.7 Å². The lowest BCUT2D eigenvalue weighted by molar-refractivity contribution is -0.143. The molecular formula is C33H53N5O5. The third kappa shape index (κ3) is 11.0. The van der Waals surface area contributed by atoms with E-state index in [0.717, 1.165) is 5.56 Å². The van der Waals surface area contributed by atoms with Gasteiger partial charge in [-0.1, -0.05) is 85.7 Å². The summed E-state index contributed by atoms with van der Waals surface area (Å²) in [4.78, 5) is 70.2. The summed E-state index contributed by atoms with van der Waals surface area (Å²) in [6.07, 6.45) is 1.26. The van der Waals surface area contributed by atoms with Crippen molar-refractivity contribution >= 4 is 29.5 Å². The SMILES string of the molecule is CC(C)C[C@@H]1NC(=O)[C@H](Cc2ccccc2)NC(=O)[C@H](CC(C)C)N(C)C(=O)[C@H](CC(C)C)NC(=O)[C@H](C(C)C)NC1=O. The van der Waals surface area contributed by atoms with E-state index in [9.17, 15) is 24.0 Å². The molecule has 1 aromatic rings. The molecule has 1 aromatic carbocycles. The molecular weight excluding hydrogens is 546 g/mol. The number of carbonyl (C=O) groups excluding carboxylic acids is 5. The Kier molecular flexibility index (Phi) is 13.7. The van der Waals surface area contributed by atoms with Gasteiger partial charge in [0.05, 0.1) is 0 Å². The zero-order valence-corrected chi connectivity index (χ0v) is 27.4. The van der Waals surface area contributed by atoms with Gasteiger partial charge in [0.1, 0.15) is 30.2 Å². The van der Waals surface area contributed by atoms with Crippen LogP contribution in [0.4, 0.5) is 0 Å². The minimum atomic E-state index is -0.993. The number of benzene rings is 1. The summed E-state index contributed by atoms with van der Waals surface area (Å²) in [6.45, 7) is 15.4. The van der Waals surface area contributed by atoms with Gasteiger partial charge in [-0.25, -0.2) is 0 Å². The Bertz CT molecular complexity index is 1100. The number of nitrogens with zero attached hydrogens (tertiary/aromatic N) is 1. The van der Waals surface area contributed by atoms with Crippen LogP contribution in [0.25, 0.3) is 0 Å². The lowest BCUT2D eigenvalue weighted by atomic mass is 9.97. The third-order valence-corrected chi connectivity index (χ3v) is 7.64. The first-order chi connectivity index (χ1) is 20.1. The Morgan fingerprint density at radius 2 is 1.09 bits per heavy atom. The molecule has 10 heteroatoms. The zero-order valence-electron chi connectivity index (χ0n) is 27.4. The highest BCUT2D eigenvalue weighted by molar-refractivity contribution is 5.98. The average molecular weight is 600 g/mol. The van der Waals surface area contributed by atoms with Gasteiger partial charge in [-0.2, -0.15) is 0 Å². The van der Waals surface area contributed by atoms with Gasteiger partial charge in [-0.05, 0) is 48.5 Å². The van der Waals surface area contributed by atoms with Crippen LogP contribution in [0.2, 0.25) is 0 Å². The van der Waals surface area contributed by atoms with Crippen LogP contribution in [0.15, 0.2) is 30.3 Å². The van der Waals surface area contributed by atoms with Gasteiger partial charge >= 0.3 is 0 Å². The number of rotatable bonds is 9. The molecule has 1 aliphatic rings. The second kappa shape index (κ2) is 16.4. The van der Waals surface area contributed by atoms with Crippen LogP contribution in [0.5, 0.6) is 0 Å². The zero-order chi connectivity index (χ0) is 32.4. The number of hydrogen-bond donors (Lipinski definition) is 4. The van der Waals surface area contributed by atoms with E-state index in [0.29, 0.717) is 19.3 Å². The van der Waals surface area contributed by atoms with Gasteiger partial charge in [0.2, 0.25) is 29.5 Å². The van der Waals surface area contributed by atoms with Crippen molar-refractivity contribution in [1.82, 2.24) is 26.2 Å². The summed E-state index contributed by atoms with van der Waals surface area (Å²) in [5.74, 6) is -2.42. The second-order valence-corrected chi connectivity index (χ2v) is 13.5. The maximum atomic E-state index is 13.9. The summed E-state index contributed by atoms with van der Waals surface area (Å²) in [7, 11) is 1.57. The van der Waals surface area contributed by atoms with Gasteiger partial charge < -0.3 is 26.2 Å². The number of hydrogen-bond acceptors (Lipinski definition) is 5. The molecule has 240 valence electrons. The molecule has 1 fully saturated rings. The molecule has 1 heterocycles. The van der Waals surface area contributed by atoms with Crippen molar-refractivity contribution in [3.05, 3.63) is 35.9 Å². The summed E-state index contributed by atoms with van der Waals surface area (Å²) in [6, 6.07) is 4.71. The molecule has 0 bridgehead atoms. The molecule has 0 aromatic heterocycles. The molecule has 4 N–H and O–H groups in total. The van der Waals surface area contributed by atoms with Crippen molar-refractivity contribution in [3.63, 3.8) is 0 Å². The predicted molar refractivity (Wildman–Crippen MR) is 168 cm³/mol. The first-order valence-corrected chi connectivity index (χ1v) is 15.6. The van der Waals surface area contributed by atoms with Gasteiger partial charge in [0.25, 0.3) is 0 Å². The highest BCUT2D eigenvalue weighted by atomic mass is 16.2. The van der Waals surface area contributed by atoms with E-state index in [2.05, 4.69) is 21.3 Å². The van der Waals surface area contributed by atoms with Crippen molar-refractivity contribution in [1.29, 1.82) is 0 Å². The van der Waals surface area contributed by atoms with Crippen LogP contribution in [0, 0.1) is 23.7 Å². The van der Waals surface area contributed by atoms with E-state index in [1.165, 1.54) is 4.90 Å².